The minimum atomic E-state index is -1.19. The first-order valence-electron chi connectivity index (χ1n) is 5.72. The Kier molecular flexibility index (Phi) is 3.08. The molecule has 0 unspecified atom stereocenters. The van der Waals surface area contributed by atoms with Crippen LogP contribution in [0.2, 0.25) is 5.02 Å². The summed E-state index contributed by atoms with van der Waals surface area (Å²) < 4.78 is 0.936. The molecule has 2 N–H and O–H groups in total. The molecule has 0 radical (unpaired) electrons. The third-order valence-electron chi connectivity index (χ3n) is 2.87. The minimum Gasteiger partial charge on any atom is -0.545 e. The molecule has 0 spiro atoms. The van der Waals surface area contributed by atoms with Crippen molar-refractivity contribution in [1.29, 1.82) is 0 Å². The van der Waals surface area contributed by atoms with Gasteiger partial charge in [-0.3, -0.25) is 0 Å². The van der Waals surface area contributed by atoms with Gasteiger partial charge >= 0.3 is 0 Å². The molecule has 0 fully saturated rings. The molecule has 1 heterocycles. The van der Waals surface area contributed by atoms with Gasteiger partial charge in [-0.1, -0.05) is 35.9 Å². The molecule has 20 heavy (non-hydrogen) atoms. The Morgan fingerprint density at radius 3 is 2.60 bits per heavy atom. The fourth-order valence-corrected chi connectivity index (χ4v) is 3.00. The lowest BCUT2D eigenvalue weighted by atomic mass is 10.1. The van der Waals surface area contributed by atoms with E-state index in [1.54, 1.807) is 24.3 Å². The summed E-state index contributed by atoms with van der Waals surface area (Å²) in [5.74, 6) is -1.19. The van der Waals surface area contributed by atoms with Crippen molar-refractivity contribution in [2.75, 3.05) is 5.73 Å². The predicted octanol–water partition coefficient (Wildman–Crippen LogP) is 2.56. The molecule has 0 saturated heterocycles. The summed E-state index contributed by atoms with van der Waals surface area (Å²) in [6, 6.07) is 9.91. The molecule has 0 bridgehead atoms. The fraction of sp³-hybridized carbons (Fsp3) is 0. The van der Waals surface area contributed by atoms with Crippen LogP contribution in [-0.2, 0) is 0 Å². The highest BCUT2D eigenvalue weighted by molar-refractivity contribution is 7.21. The number of nitrogen functional groups attached to an aromatic ring is 1. The SMILES string of the molecule is Nc1cc2sc(-c3ccc(C(=O)[O-])cc3)nc2cc1Cl. The predicted molar refractivity (Wildman–Crippen MR) is 78.8 cm³/mol. The normalized spacial score (nSPS) is 10.8. The number of hydrogen-bond acceptors (Lipinski definition) is 5. The van der Waals surface area contributed by atoms with Gasteiger partial charge in [0.25, 0.3) is 0 Å². The summed E-state index contributed by atoms with van der Waals surface area (Å²) in [7, 11) is 0. The molecule has 3 aromatic rings. The van der Waals surface area contributed by atoms with Crippen LogP contribution in [-0.4, -0.2) is 11.0 Å². The third kappa shape index (κ3) is 2.21. The Hall–Kier alpha value is -2.11. The van der Waals surface area contributed by atoms with E-state index in [-0.39, 0.29) is 5.56 Å². The van der Waals surface area contributed by atoms with Crippen LogP contribution in [0.5, 0.6) is 0 Å². The number of hydrogen-bond donors (Lipinski definition) is 1. The summed E-state index contributed by atoms with van der Waals surface area (Å²) in [5.41, 5.74) is 8.03. The zero-order chi connectivity index (χ0) is 14.3. The number of halogens is 1. The molecule has 3 rings (SSSR count). The van der Waals surface area contributed by atoms with Crippen LogP contribution in [0.3, 0.4) is 0 Å². The maximum Gasteiger partial charge on any atom is 0.124 e. The third-order valence-corrected chi connectivity index (χ3v) is 4.27. The second-order valence-electron chi connectivity index (χ2n) is 4.23. The number of nitrogens with zero attached hydrogens (tertiary/aromatic N) is 1. The molecule has 0 atom stereocenters. The van der Waals surface area contributed by atoms with Crippen LogP contribution in [0.1, 0.15) is 10.4 Å². The van der Waals surface area contributed by atoms with Gasteiger partial charge in [-0.25, -0.2) is 4.98 Å². The lowest BCUT2D eigenvalue weighted by Crippen LogP contribution is -2.21. The van der Waals surface area contributed by atoms with Crippen molar-refractivity contribution in [3.63, 3.8) is 0 Å². The average Bonchev–Trinajstić information content (AvgIpc) is 2.82. The molecule has 0 aliphatic carbocycles. The molecular weight excluding hydrogens is 296 g/mol. The van der Waals surface area contributed by atoms with Crippen molar-refractivity contribution in [3.8, 4) is 10.6 Å². The topological polar surface area (TPSA) is 79.0 Å². The number of carbonyl (C=O) groups excluding carboxylic acids is 1. The first-order valence-corrected chi connectivity index (χ1v) is 6.91. The zero-order valence-corrected chi connectivity index (χ0v) is 11.7. The van der Waals surface area contributed by atoms with E-state index in [2.05, 4.69) is 4.98 Å². The van der Waals surface area contributed by atoms with Crippen LogP contribution in [0.25, 0.3) is 20.8 Å². The quantitative estimate of drug-likeness (QED) is 0.738. The molecule has 2 aromatic carbocycles. The lowest BCUT2D eigenvalue weighted by molar-refractivity contribution is -0.255. The Morgan fingerprint density at radius 1 is 1.25 bits per heavy atom. The van der Waals surface area contributed by atoms with Crippen LogP contribution in [0, 0.1) is 0 Å². The van der Waals surface area contributed by atoms with E-state index in [4.69, 9.17) is 17.3 Å². The number of nitrogens with two attached hydrogens (primary N) is 1. The summed E-state index contributed by atoms with van der Waals surface area (Å²) in [6.45, 7) is 0. The van der Waals surface area contributed by atoms with Gasteiger partial charge in [0, 0.05) is 5.56 Å². The number of rotatable bonds is 2. The number of carboxylic acids is 1. The van der Waals surface area contributed by atoms with Crippen LogP contribution in [0.15, 0.2) is 36.4 Å². The van der Waals surface area contributed by atoms with Crippen molar-refractivity contribution >= 4 is 44.8 Å². The van der Waals surface area contributed by atoms with E-state index >= 15 is 0 Å². The van der Waals surface area contributed by atoms with E-state index in [1.807, 2.05) is 0 Å². The first kappa shape index (κ1) is 12.9. The smallest absolute Gasteiger partial charge is 0.124 e. The van der Waals surface area contributed by atoms with E-state index in [0.29, 0.717) is 10.7 Å². The van der Waals surface area contributed by atoms with Crippen LogP contribution >= 0.6 is 22.9 Å². The Morgan fingerprint density at radius 2 is 1.95 bits per heavy atom. The van der Waals surface area contributed by atoms with Crippen molar-refractivity contribution in [2.45, 2.75) is 0 Å². The van der Waals surface area contributed by atoms with Gasteiger partial charge in [0.1, 0.15) is 5.01 Å². The van der Waals surface area contributed by atoms with Crippen molar-refractivity contribution in [3.05, 3.63) is 47.0 Å². The monoisotopic (exact) mass is 303 g/mol. The fourth-order valence-electron chi connectivity index (χ4n) is 1.84. The highest BCUT2D eigenvalue weighted by Gasteiger charge is 2.08. The number of aromatic carboxylic acids is 1. The molecule has 6 heteroatoms. The first-order chi connectivity index (χ1) is 9.54. The lowest BCUT2D eigenvalue weighted by Gasteiger charge is -2.02. The second kappa shape index (κ2) is 4.77. The molecule has 100 valence electrons. The van der Waals surface area contributed by atoms with Gasteiger partial charge in [0.05, 0.1) is 26.9 Å². The second-order valence-corrected chi connectivity index (χ2v) is 5.66. The Labute approximate surface area is 123 Å². The highest BCUT2D eigenvalue weighted by atomic mass is 35.5. The number of aromatic nitrogens is 1. The number of benzene rings is 2. The van der Waals surface area contributed by atoms with Crippen LogP contribution < -0.4 is 10.8 Å². The number of carboxylic acid groups (broad SMARTS) is 1. The van der Waals surface area contributed by atoms with Gasteiger partial charge in [0.15, 0.2) is 0 Å². The number of carbonyl (C=O) groups is 1. The van der Waals surface area contributed by atoms with E-state index in [1.165, 1.54) is 23.5 Å². The average molecular weight is 304 g/mol. The van der Waals surface area contributed by atoms with E-state index in [0.717, 1.165) is 20.8 Å². The van der Waals surface area contributed by atoms with Crippen molar-refractivity contribution in [2.24, 2.45) is 0 Å². The number of thiazole rings is 1. The maximum atomic E-state index is 10.7. The molecule has 1 aromatic heterocycles. The van der Waals surface area contributed by atoms with Crippen molar-refractivity contribution in [1.82, 2.24) is 4.98 Å². The molecule has 0 aliphatic rings. The molecule has 0 saturated carbocycles. The highest BCUT2D eigenvalue weighted by Crippen LogP contribution is 2.34. The molecule has 0 aliphatic heterocycles. The minimum absolute atomic E-state index is 0.141. The van der Waals surface area contributed by atoms with Gasteiger partial charge in [-0.2, -0.15) is 0 Å². The van der Waals surface area contributed by atoms with Gasteiger partial charge < -0.3 is 15.6 Å². The molecule has 4 nitrogen and oxygen atoms in total. The van der Waals surface area contributed by atoms with Gasteiger partial charge in [-0.05, 0) is 17.7 Å². The summed E-state index contributed by atoms with van der Waals surface area (Å²) >= 11 is 7.44. The molecular formula is C14H8ClN2O2S-. The standard InChI is InChI=1S/C14H9ClN2O2S/c15-9-5-11-12(6-10(9)16)20-13(17-11)7-1-3-8(4-2-7)14(18)19/h1-6H,16H2,(H,18,19)/p-1. The summed E-state index contributed by atoms with van der Waals surface area (Å²) in [4.78, 5) is 15.2. The summed E-state index contributed by atoms with van der Waals surface area (Å²) in [5, 5.41) is 12.0. The zero-order valence-electron chi connectivity index (χ0n) is 10.1. The maximum absolute atomic E-state index is 10.7. The van der Waals surface area contributed by atoms with Gasteiger partial charge in [-0.15, -0.1) is 11.3 Å². The van der Waals surface area contributed by atoms with Crippen LogP contribution in [0.4, 0.5) is 5.69 Å². The Balaban J connectivity index is 2.07. The summed E-state index contributed by atoms with van der Waals surface area (Å²) in [6.07, 6.45) is 0. The van der Waals surface area contributed by atoms with Crippen molar-refractivity contribution < 1.29 is 9.90 Å². The van der Waals surface area contributed by atoms with E-state index < -0.39 is 5.97 Å². The van der Waals surface area contributed by atoms with Gasteiger partial charge in [0.2, 0.25) is 0 Å². The number of anilines is 1. The molecule has 0 amide bonds. The number of fused-ring (bicyclic) bond motifs is 1. The Bertz CT molecular complexity index is 773. The largest absolute Gasteiger partial charge is 0.545 e. The van der Waals surface area contributed by atoms with E-state index in [9.17, 15) is 9.90 Å².